The van der Waals surface area contributed by atoms with Crippen LogP contribution in [0.4, 0.5) is 0 Å². The Kier molecular flexibility index (Phi) is 34.3. The van der Waals surface area contributed by atoms with Crippen molar-refractivity contribution in [2.24, 2.45) is 0 Å². The van der Waals surface area contributed by atoms with Gasteiger partial charge < -0.3 is 0 Å². The van der Waals surface area contributed by atoms with Gasteiger partial charge in [0.15, 0.2) is 0 Å². The molecule has 0 amide bonds. The fourth-order valence-corrected chi connectivity index (χ4v) is 6.61. The van der Waals surface area contributed by atoms with Crippen molar-refractivity contribution in [3.05, 3.63) is 208 Å². The minimum absolute atomic E-state index is 0.285. The zero-order valence-electron chi connectivity index (χ0n) is 40.2. The quantitative estimate of drug-likeness (QED) is 0.152. The van der Waals surface area contributed by atoms with Crippen molar-refractivity contribution in [3.63, 3.8) is 0 Å². The third-order valence-electron chi connectivity index (χ3n) is 9.09. The number of allylic oxidation sites excluding steroid dienone is 21. The zero-order chi connectivity index (χ0) is 45.1. The summed E-state index contributed by atoms with van der Waals surface area (Å²) in [5.74, 6) is 0. The summed E-state index contributed by atoms with van der Waals surface area (Å²) in [7, 11) is 0. The number of thioether (sulfide) groups is 1. The highest BCUT2D eigenvalue weighted by atomic mass is 32.2. The summed E-state index contributed by atoms with van der Waals surface area (Å²) >= 11 is 1.87. The van der Waals surface area contributed by atoms with Gasteiger partial charge in [-0.15, -0.1) is 6.58 Å². The lowest BCUT2D eigenvalue weighted by molar-refractivity contribution is 0.590. The van der Waals surface area contributed by atoms with E-state index in [0.717, 1.165) is 37.7 Å². The maximum absolute atomic E-state index is 4.27. The van der Waals surface area contributed by atoms with E-state index in [1.165, 1.54) is 67.2 Å². The summed E-state index contributed by atoms with van der Waals surface area (Å²) in [6.45, 7) is 41.3. The molecule has 0 aliphatic heterocycles. The number of rotatable bonds is 12. The first kappa shape index (κ1) is 56.8. The minimum Gasteiger partial charge on any atom is -0.103 e. The lowest BCUT2D eigenvalue weighted by Crippen LogP contribution is -2.10. The Hall–Kier alpha value is -4.33. The van der Waals surface area contributed by atoms with E-state index in [4.69, 9.17) is 0 Å². The minimum atomic E-state index is 0.285. The van der Waals surface area contributed by atoms with Crippen LogP contribution in [-0.4, -0.2) is 0 Å². The maximum Gasteiger partial charge on any atom is 0.0119 e. The molecule has 2 aromatic carbocycles. The first-order chi connectivity index (χ1) is 28.3. The van der Waals surface area contributed by atoms with Crippen LogP contribution < -0.4 is 0 Å². The molecule has 0 saturated carbocycles. The van der Waals surface area contributed by atoms with E-state index in [-0.39, 0.29) is 5.41 Å². The summed E-state index contributed by atoms with van der Waals surface area (Å²) in [5, 5.41) is 0. The Balaban J connectivity index is 0. The predicted octanol–water partition coefficient (Wildman–Crippen LogP) is 19.5. The van der Waals surface area contributed by atoms with Crippen LogP contribution in [0.5, 0.6) is 0 Å². The Bertz CT molecular complexity index is 1750. The van der Waals surface area contributed by atoms with E-state index in [0.29, 0.717) is 0 Å². The third kappa shape index (κ3) is 27.9. The lowest BCUT2D eigenvalue weighted by Gasteiger charge is -2.18. The van der Waals surface area contributed by atoms with Crippen LogP contribution in [0.2, 0.25) is 0 Å². The van der Waals surface area contributed by atoms with Crippen molar-refractivity contribution in [3.8, 4) is 0 Å². The van der Waals surface area contributed by atoms with Gasteiger partial charge in [0.2, 0.25) is 0 Å². The second-order valence-corrected chi connectivity index (χ2v) is 16.4. The van der Waals surface area contributed by atoms with Gasteiger partial charge in [0, 0.05) is 4.90 Å². The van der Waals surface area contributed by atoms with Crippen molar-refractivity contribution in [1.29, 1.82) is 0 Å². The lowest BCUT2D eigenvalue weighted by atomic mass is 9.87. The van der Waals surface area contributed by atoms with Crippen molar-refractivity contribution in [1.82, 2.24) is 0 Å². The van der Waals surface area contributed by atoms with E-state index in [2.05, 4.69) is 190 Å². The van der Waals surface area contributed by atoms with Crippen molar-refractivity contribution < 1.29 is 0 Å². The Morgan fingerprint density at radius 1 is 0.831 bits per heavy atom. The summed E-state index contributed by atoms with van der Waals surface area (Å²) in [5.41, 5.74) is 12.3. The first-order valence-corrected chi connectivity index (χ1v) is 22.8. The Morgan fingerprint density at radius 2 is 1.47 bits per heavy atom. The molecule has 4 rings (SSSR count). The van der Waals surface area contributed by atoms with Crippen LogP contribution >= 0.6 is 11.8 Å². The summed E-state index contributed by atoms with van der Waals surface area (Å²) in [6, 6.07) is 19.3. The van der Waals surface area contributed by atoms with Crippen molar-refractivity contribution in [2.45, 2.75) is 152 Å². The van der Waals surface area contributed by atoms with Gasteiger partial charge in [-0.1, -0.05) is 217 Å². The fourth-order valence-electron chi connectivity index (χ4n) is 5.63. The van der Waals surface area contributed by atoms with Crippen molar-refractivity contribution >= 4 is 11.8 Å². The van der Waals surface area contributed by atoms with Gasteiger partial charge in [-0.2, -0.15) is 0 Å². The molecule has 0 N–H and O–H groups in total. The van der Waals surface area contributed by atoms with E-state index >= 15 is 0 Å². The Labute approximate surface area is 370 Å². The summed E-state index contributed by atoms with van der Waals surface area (Å²) in [6.07, 6.45) is 35.3. The van der Waals surface area contributed by atoms with Gasteiger partial charge in [0.1, 0.15) is 0 Å². The molecule has 0 nitrogen and oxygen atoms in total. The Morgan fingerprint density at radius 3 is 1.95 bits per heavy atom. The molecule has 1 heteroatoms. The molecule has 59 heavy (non-hydrogen) atoms. The molecule has 0 heterocycles. The molecule has 0 unspecified atom stereocenters. The van der Waals surface area contributed by atoms with E-state index in [9.17, 15) is 0 Å². The van der Waals surface area contributed by atoms with Crippen LogP contribution in [0, 0.1) is 6.92 Å². The summed E-state index contributed by atoms with van der Waals surface area (Å²) < 4.78 is 0. The van der Waals surface area contributed by atoms with Crippen LogP contribution in [0.1, 0.15) is 146 Å². The molecular weight excluding hydrogens is 729 g/mol. The molecule has 0 fully saturated rings. The van der Waals surface area contributed by atoms with Gasteiger partial charge >= 0.3 is 0 Å². The molecule has 0 aromatic heterocycles. The average molecular weight is 813 g/mol. The molecule has 0 radical (unpaired) electrons. The van der Waals surface area contributed by atoms with Gasteiger partial charge in [-0.25, -0.2) is 0 Å². The molecule has 0 bridgehead atoms. The van der Waals surface area contributed by atoms with Crippen LogP contribution in [0.25, 0.3) is 0 Å². The standard InChI is InChI=1S/C21H24S.C15H22.C11H16.C7H10.2C2H6/c1-5-9-16(2)14-18(4)21-15-20(13-12-17(21)3)22-19-10-7-6-8-11-19;1-5-9-11-14(7-3)13-15(8-4)12-10-6-2;1-9-5-7-10(8-6-9)11(2,3)4;1-7-5-3-2-4-6-7;2*1-2/h5-11,14-15H,4,12-13H2,1-3H3;5-8,10,12H,1,4,9,11,13H2,2-3H3;5-8H,1-4H3;2-3,5H,4,6H2,1H3;2*1-2H3/b9-5-,16-14-;10-6-,14-7+,15-12+;;;;. The van der Waals surface area contributed by atoms with Crippen molar-refractivity contribution in [2.75, 3.05) is 0 Å². The molecule has 2 aliphatic carbocycles. The third-order valence-corrected chi connectivity index (χ3v) is 10.2. The first-order valence-electron chi connectivity index (χ1n) is 22.0. The average Bonchev–Trinajstić information content (AvgIpc) is 3.24. The molecule has 0 atom stereocenters. The highest BCUT2D eigenvalue weighted by Gasteiger charge is 2.13. The second-order valence-electron chi connectivity index (χ2n) is 15.2. The monoisotopic (exact) mass is 813 g/mol. The normalized spacial score (nSPS) is 14.0. The van der Waals surface area contributed by atoms with Gasteiger partial charge in [-0.3, -0.25) is 0 Å². The molecule has 322 valence electrons. The van der Waals surface area contributed by atoms with E-state index in [1.54, 1.807) is 0 Å². The number of hydrogen-bond donors (Lipinski definition) is 0. The zero-order valence-corrected chi connectivity index (χ0v) is 41.0. The van der Waals surface area contributed by atoms with Gasteiger partial charge in [-0.05, 0) is 144 Å². The predicted molar refractivity (Wildman–Crippen MR) is 276 cm³/mol. The van der Waals surface area contributed by atoms with Gasteiger partial charge in [0.25, 0.3) is 0 Å². The molecule has 0 saturated heterocycles. The fraction of sp³-hybridized carbons (Fsp3) is 0.379. The second kappa shape index (κ2) is 35.6. The van der Waals surface area contributed by atoms with Crippen LogP contribution in [0.3, 0.4) is 0 Å². The van der Waals surface area contributed by atoms with Crippen LogP contribution in [-0.2, 0) is 5.41 Å². The smallest absolute Gasteiger partial charge is 0.0119 e. The molecule has 0 spiro atoms. The van der Waals surface area contributed by atoms with Crippen LogP contribution in [0.15, 0.2) is 202 Å². The topological polar surface area (TPSA) is 0 Å². The molecular formula is C58H84S. The number of aryl methyl sites for hydroxylation is 1. The van der Waals surface area contributed by atoms with Gasteiger partial charge in [0.05, 0.1) is 0 Å². The number of hydrogen-bond acceptors (Lipinski definition) is 1. The maximum atomic E-state index is 4.27. The highest BCUT2D eigenvalue weighted by Crippen LogP contribution is 2.37. The highest BCUT2D eigenvalue weighted by molar-refractivity contribution is 8.03. The molecule has 2 aliphatic rings. The summed E-state index contributed by atoms with van der Waals surface area (Å²) in [4.78, 5) is 2.73. The van der Waals surface area contributed by atoms with E-state index in [1.807, 2.05) is 71.5 Å². The number of benzene rings is 2. The van der Waals surface area contributed by atoms with E-state index < -0.39 is 0 Å². The molecule has 2 aromatic rings. The largest absolute Gasteiger partial charge is 0.103 e. The SMILES string of the molecule is C=C(/C=C(C)\C=C/C)C1=C(C)CCC(Sc2ccccc2)=C1.C=CCC/C(=C\C)C/C(C=C)=C/C=C\C.CC.CC.CC1=CC=CCC1.Cc1ccc(C(C)(C)C)cc1.